The topological polar surface area (TPSA) is 49.1 Å². The molecule has 0 unspecified atom stereocenters. The van der Waals surface area contributed by atoms with Crippen LogP contribution in [0.5, 0.6) is 0 Å². The normalized spacial score (nSPS) is 12.3. The Morgan fingerprint density at radius 3 is 2.06 bits per heavy atom. The molecule has 0 radical (unpaired) electrons. The number of hydrogen-bond acceptors (Lipinski definition) is 3. The van der Waals surface area contributed by atoms with E-state index in [1.165, 1.54) is 11.1 Å². The van der Waals surface area contributed by atoms with Gasteiger partial charge >= 0.3 is 0 Å². The fourth-order valence-corrected chi connectivity index (χ4v) is 2.93. The molecule has 0 aromatic heterocycles. The van der Waals surface area contributed by atoms with Crippen LogP contribution in [0.1, 0.15) is 52.2 Å². The van der Waals surface area contributed by atoms with Crippen molar-refractivity contribution in [2.24, 2.45) is 15.0 Å². The Labute approximate surface area is 204 Å². The van der Waals surface area contributed by atoms with Crippen molar-refractivity contribution >= 4 is 34.5 Å². The van der Waals surface area contributed by atoms with E-state index in [4.69, 9.17) is 11.6 Å². The van der Waals surface area contributed by atoms with Crippen molar-refractivity contribution in [2.45, 2.75) is 47.5 Å². The summed E-state index contributed by atoms with van der Waals surface area (Å²) in [6.45, 7) is 10.2. The highest BCUT2D eigenvalue weighted by atomic mass is 35.5. The van der Waals surface area contributed by atoms with Crippen molar-refractivity contribution in [3.63, 3.8) is 0 Å². The number of anilines is 1. The third-order valence-corrected chi connectivity index (χ3v) is 4.89. The molecule has 2 aromatic rings. The summed E-state index contributed by atoms with van der Waals surface area (Å²) in [4.78, 5) is 13.0. The van der Waals surface area contributed by atoms with E-state index in [0.717, 1.165) is 46.4 Å². The zero-order valence-corrected chi connectivity index (χ0v) is 21.7. The van der Waals surface area contributed by atoms with Gasteiger partial charge in [-0.2, -0.15) is 0 Å². The predicted molar refractivity (Wildman–Crippen MR) is 149 cm³/mol. The van der Waals surface area contributed by atoms with Crippen LogP contribution in [0, 0.1) is 0 Å². The molecule has 0 fully saturated rings. The van der Waals surface area contributed by atoms with Crippen LogP contribution in [-0.4, -0.2) is 31.4 Å². The van der Waals surface area contributed by atoms with Crippen molar-refractivity contribution in [1.82, 2.24) is 0 Å². The first-order valence-electron chi connectivity index (χ1n) is 11.2. The lowest BCUT2D eigenvalue weighted by molar-refractivity contribution is 1.14. The Morgan fingerprint density at radius 1 is 0.939 bits per heavy atom. The quantitative estimate of drug-likeness (QED) is 0.329. The molecule has 0 amide bonds. The van der Waals surface area contributed by atoms with Gasteiger partial charge < -0.3 is 5.32 Å². The predicted octanol–water partition coefficient (Wildman–Crippen LogP) is 7.80. The molecule has 0 spiro atoms. The minimum atomic E-state index is 0.792. The maximum absolute atomic E-state index is 5.67. The molecule has 0 aliphatic carbocycles. The van der Waals surface area contributed by atoms with Crippen LogP contribution in [0.25, 0.3) is 0 Å². The third kappa shape index (κ3) is 11.4. The number of amidine groups is 1. The van der Waals surface area contributed by atoms with E-state index < -0.39 is 0 Å². The van der Waals surface area contributed by atoms with Gasteiger partial charge in [-0.1, -0.05) is 48.9 Å². The molecular formula is C28H37ClN4. The second-order valence-corrected chi connectivity index (χ2v) is 8.13. The summed E-state index contributed by atoms with van der Waals surface area (Å²) in [6.07, 6.45) is 7.69. The highest BCUT2D eigenvalue weighted by Crippen LogP contribution is 2.15. The zero-order chi connectivity index (χ0) is 24.6. The number of hydrogen-bond donors (Lipinski definition) is 1. The lowest BCUT2D eigenvalue weighted by Crippen LogP contribution is -2.09. The first-order valence-corrected chi connectivity index (χ1v) is 11.5. The number of nitrogens with zero attached hydrogens (tertiary/aromatic N) is 3. The highest BCUT2D eigenvalue weighted by Gasteiger charge is 2.05. The summed E-state index contributed by atoms with van der Waals surface area (Å²) in [5.41, 5.74) is 6.75. The maximum Gasteiger partial charge on any atom is 0.124 e. The Bertz CT molecular complexity index is 991. The molecule has 0 aliphatic rings. The molecule has 0 saturated heterocycles. The van der Waals surface area contributed by atoms with Gasteiger partial charge in [0, 0.05) is 48.8 Å². The van der Waals surface area contributed by atoms with Gasteiger partial charge in [-0.05, 0) is 81.2 Å². The molecule has 176 valence electrons. The third-order valence-electron chi connectivity index (χ3n) is 4.64. The van der Waals surface area contributed by atoms with E-state index in [1.807, 2.05) is 82.6 Å². The Balaban J connectivity index is 0.000000502. The number of rotatable bonds is 7. The van der Waals surface area contributed by atoms with E-state index in [0.29, 0.717) is 0 Å². The Morgan fingerprint density at radius 2 is 1.58 bits per heavy atom. The van der Waals surface area contributed by atoms with E-state index in [1.54, 1.807) is 7.05 Å². The number of halogens is 1. The van der Waals surface area contributed by atoms with Crippen molar-refractivity contribution in [3.8, 4) is 0 Å². The molecular weight excluding hydrogens is 428 g/mol. The summed E-state index contributed by atoms with van der Waals surface area (Å²) in [5.74, 6) is 0.834. The van der Waals surface area contributed by atoms with Crippen LogP contribution in [0.15, 0.2) is 87.4 Å². The van der Waals surface area contributed by atoms with Gasteiger partial charge in [0.25, 0.3) is 0 Å². The largest absolute Gasteiger partial charge is 0.341 e. The second-order valence-electron chi connectivity index (χ2n) is 7.69. The van der Waals surface area contributed by atoms with Gasteiger partial charge in [0.1, 0.15) is 5.84 Å². The number of aryl methyl sites for hydroxylation is 1. The molecule has 0 atom stereocenters. The summed E-state index contributed by atoms with van der Waals surface area (Å²) in [7, 11) is 3.60. The van der Waals surface area contributed by atoms with Crippen LogP contribution in [0.2, 0.25) is 5.02 Å². The lowest BCUT2D eigenvalue weighted by atomic mass is 10.0. The fourth-order valence-electron chi connectivity index (χ4n) is 2.80. The van der Waals surface area contributed by atoms with Gasteiger partial charge in [-0.25, -0.2) is 0 Å². The van der Waals surface area contributed by atoms with Gasteiger partial charge in [-0.15, -0.1) is 0 Å². The van der Waals surface area contributed by atoms with Crippen LogP contribution in [0.3, 0.4) is 0 Å². The molecule has 4 nitrogen and oxygen atoms in total. The molecule has 2 aromatic carbocycles. The number of aliphatic imine (C=N–C) groups is 3. The standard InChI is InChI=1S/C20H28N4.C8H9Cl/c1-7-8-20(22-6)24-18-11-9-17(10-12-18)19(21-5)13-16(4)14-23-15(2)3;1-2-7-3-5-8(9)6-4-7/h7-12,14H,13H2,1-6H3,(H,22,24);3-6H,2H2,1H3/b8-7-,16-14+,21-19?;. The molecule has 0 heterocycles. The van der Waals surface area contributed by atoms with Crippen LogP contribution in [-0.2, 0) is 6.42 Å². The fraction of sp³-hybridized carbons (Fsp3) is 0.321. The summed E-state index contributed by atoms with van der Waals surface area (Å²) in [5, 5.41) is 4.09. The van der Waals surface area contributed by atoms with Crippen molar-refractivity contribution in [3.05, 3.63) is 88.6 Å². The van der Waals surface area contributed by atoms with Gasteiger partial charge in [0.2, 0.25) is 0 Å². The summed E-state index contributed by atoms with van der Waals surface area (Å²) in [6, 6.07) is 16.2. The molecule has 5 heteroatoms. The van der Waals surface area contributed by atoms with Crippen molar-refractivity contribution in [2.75, 3.05) is 19.4 Å². The van der Waals surface area contributed by atoms with E-state index >= 15 is 0 Å². The molecule has 33 heavy (non-hydrogen) atoms. The highest BCUT2D eigenvalue weighted by molar-refractivity contribution is 6.30. The first-order chi connectivity index (χ1) is 15.8. The maximum atomic E-state index is 5.67. The summed E-state index contributed by atoms with van der Waals surface area (Å²) >= 11 is 5.67. The first kappa shape index (κ1) is 28.1. The monoisotopic (exact) mass is 464 g/mol. The van der Waals surface area contributed by atoms with E-state index in [2.05, 4.69) is 46.3 Å². The van der Waals surface area contributed by atoms with E-state index in [-0.39, 0.29) is 0 Å². The van der Waals surface area contributed by atoms with Gasteiger partial charge in [0.15, 0.2) is 0 Å². The SMILES string of the molecule is C/C=C\C(=NC)Nc1ccc(C(C/C(C)=C/N=C(C)C)=NC)cc1.CCc1ccc(Cl)cc1. The Kier molecular flexibility index (Phi) is 13.4. The van der Waals surface area contributed by atoms with Crippen LogP contribution in [0.4, 0.5) is 5.69 Å². The average molecular weight is 465 g/mol. The smallest absolute Gasteiger partial charge is 0.124 e. The van der Waals surface area contributed by atoms with Crippen molar-refractivity contribution in [1.29, 1.82) is 0 Å². The lowest BCUT2D eigenvalue weighted by Gasteiger charge is -2.09. The molecule has 0 aliphatic heterocycles. The summed E-state index contributed by atoms with van der Waals surface area (Å²) < 4.78 is 0. The van der Waals surface area contributed by atoms with Gasteiger partial charge in [-0.3, -0.25) is 15.0 Å². The Hall–Kier alpha value is -2.98. The minimum absolute atomic E-state index is 0.792. The minimum Gasteiger partial charge on any atom is -0.341 e. The number of benzene rings is 2. The van der Waals surface area contributed by atoms with Crippen LogP contribution >= 0.6 is 11.6 Å². The van der Waals surface area contributed by atoms with Gasteiger partial charge in [0.05, 0.1) is 0 Å². The molecule has 2 rings (SSSR count). The van der Waals surface area contributed by atoms with Crippen LogP contribution < -0.4 is 5.32 Å². The zero-order valence-electron chi connectivity index (χ0n) is 21.0. The van der Waals surface area contributed by atoms with Crippen molar-refractivity contribution < 1.29 is 0 Å². The molecule has 1 N–H and O–H groups in total. The second kappa shape index (κ2) is 15.8. The number of allylic oxidation sites excluding steroid dienone is 2. The average Bonchev–Trinajstić information content (AvgIpc) is 2.82. The molecule has 0 bridgehead atoms. The number of nitrogens with one attached hydrogen (secondary N) is 1. The molecule has 0 saturated carbocycles. The van der Waals surface area contributed by atoms with E-state index in [9.17, 15) is 0 Å².